The molecule has 0 aliphatic rings. The van der Waals surface area contributed by atoms with E-state index < -0.39 is 6.16 Å². The second kappa shape index (κ2) is 131. The first-order chi connectivity index (χ1) is 1.73. The molecule has 0 atom stereocenters. The van der Waals surface area contributed by atoms with Gasteiger partial charge in [-0.15, -0.1) is 0 Å². The molecule has 0 saturated heterocycles. The van der Waals surface area contributed by atoms with Crippen molar-refractivity contribution in [3.05, 3.63) is 0 Å². The molecule has 13 heavy (non-hydrogen) atoms. The van der Waals surface area contributed by atoms with Gasteiger partial charge in [0.15, 0.2) is 0 Å². The summed E-state index contributed by atoms with van der Waals surface area (Å²) in [5.41, 5.74) is 0. The molecule has 11 nitrogen and oxygen atoms in total. The monoisotopic (exact) mass is 246 g/mol. The van der Waals surface area contributed by atoms with E-state index in [1.165, 1.54) is 0 Å². The summed E-state index contributed by atoms with van der Waals surface area (Å²) in [6.45, 7) is 0. The molecule has 0 fully saturated rings. The van der Waals surface area contributed by atoms with Gasteiger partial charge < -0.3 is 55.4 Å². The van der Waals surface area contributed by atoms with Gasteiger partial charge in [-0.25, -0.2) is 4.79 Å². The number of carbonyl (C=O) groups is 1. The number of carboxylic acid groups (broad SMARTS) is 2. The molecule has 0 amide bonds. The Morgan fingerprint density at radius 2 is 0.692 bits per heavy atom. The minimum absolute atomic E-state index is 0. The molecular weight excluding hydrogens is 227 g/mol. The van der Waals surface area contributed by atoms with E-state index in [0.29, 0.717) is 0 Å². The van der Waals surface area contributed by atoms with Crippen molar-refractivity contribution in [2.45, 2.75) is 0 Å². The fourth-order valence-corrected chi connectivity index (χ4v) is 0. The fourth-order valence-electron chi connectivity index (χ4n) is 0. The van der Waals surface area contributed by atoms with Gasteiger partial charge in [-0.3, -0.25) is 0 Å². The number of hydrogen-bond acceptors (Lipinski definition) is 1. The molecule has 0 unspecified atom stereocenters. The van der Waals surface area contributed by atoms with Crippen LogP contribution in [0.3, 0.4) is 0 Å². The normalized spacial score (nSPS) is 1.85. The van der Waals surface area contributed by atoms with Crippen LogP contribution >= 0.6 is 0 Å². The second-order valence-electron chi connectivity index (χ2n) is 0.283. The van der Waals surface area contributed by atoms with Crippen molar-refractivity contribution in [1.82, 2.24) is 0 Å². The predicted octanol–water partition coefficient (Wildman–Crippen LogP) is -9.26. The van der Waals surface area contributed by atoms with Crippen LogP contribution in [0.25, 0.3) is 0 Å². The SMILES string of the molecule is O.O.O.O.O.O.O.O.O=C(O)O.[H-].[K+]. The maximum absolute atomic E-state index is 8.56. The molecule has 0 aromatic rings. The van der Waals surface area contributed by atoms with Gasteiger partial charge >= 0.3 is 57.5 Å². The summed E-state index contributed by atoms with van der Waals surface area (Å²) in [6.07, 6.45) is -1.83. The molecule has 0 radical (unpaired) electrons. The van der Waals surface area contributed by atoms with Crippen molar-refractivity contribution in [3.8, 4) is 0 Å². The van der Waals surface area contributed by atoms with Gasteiger partial charge in [0, 0.05) is 0 Å². The Morgan fingerprint density at radius 3 is 0.692 bits per heavy atom. The Hall–Kier alpha value is 0.586. The summed E-state index contributed by atoms with van der Waals surface area (Å²) in [6, 6.07) is 0. The Bertz CT molecular complexity index is 38.3. The molecule has 90 valence electrons. The maximum atomic E-state index is 8.56. The molecule has 0 rings (SSSR count). The van der Waals surface area contributed by atoms with E-state index in [2.05, 4.69) is 0 Å². The number of rotatable bonds is 0. The van der Waals surface area contributed by atoms with Crippen molar-refractivity contribution in [1.29, 1.82) is 0 Å². The van der Waals surface area contributed by atoms with E-state index in [1.54, 1.807) is 0 Å². The van der Waals surface area contributed by atoms with Crippen LogP contribution in [0.1, 0.15) is 1.43 Å². The largest absolute Gasteiger partial charge is 1.00 e. The first kappa shape index (κ1) is 167. The van der Waals surface area contributed by atoms with Crippen molar-refractivity contribution >= 4 is 6.16 Å². The summed E-state index contributed by atoms with van der Waals surface area (Å²) < 4.78 is 0. The number of hydrogen-bond donors (Lipinski definition) is 2. The minimum atomic E-state index is -1.83. The van der Waals surface area contributed by atoms with Crippen molar-refractivity contribution in [3.63, 3.8) is 0 Å². The Labute approximate surface area is 117 Å². The molecule has 0 aromatic heterocycles. The molecule has 0 heterocycles. The first-order valence-corrected chi connectivity index (χ1v) is 0.651. The third-order valence-electron chi connectivity index (χ3n) is 0. The smallest absolute Gasteiger partial charge is 1.00 e. The van der Waals surface area contributed by atoms with Crippen LogP contribution in [0, 0.1) is 0 Å². The van der Waals surface area contributed by atoms with Crippen molar-refractivity contribution in [2.24, 2.45) is 0 Å². The molecule has 18 N–H and O–H groups in total. The zero-order valence-corrected chi connectivity index (χ0v) is 9.93. The molecule has 0 aliphatic carbocycles. The van der Waals surface area contributed by atoms with Crippen LogP contribution in [0.15, 0.2) is 0 Å². The molecule has 0 saturated carbocycles. The first-order valence-electron chi connectivity index (χ1n) is 0.651. The maximum Gasteiger partial charge on any atom is 1.00 e. The zero-order valence-electron chi connectivity index (χ0n) is 7.80. The van der Waals surface area contributed by atoms with Crippen LogP contribution in [0.2, 0.25) is 0 Å². The zero-order chi connectivity index (χ0) is 3.58. The molecule has 0 bridgehead atoms. The van der Waals surface area contributed by atoms with E-state index in [0.717, 1.165) is 0 Å². The van der Waals surface area contributed by atoms with E-state index >= 15 is 0 Å². The average molecular weight is 246 g/mol. The summed E-state index contributed by atoms with van der Waals surface area (Å²) in [4.78, 5) is 8.56. The standard InChI is InChI=1S/CH2O3.K.8H2O.H/c2-1(3)4;;;;;;;;;;/h(H2,2,3,4);;8*1H2;/q;+1;;;;;;;;;-1. The molecule has 0 aliphatic heterocycles. The van der Waals surface area contributed by atoms with E-state index in [4.69, 9.17) is 15.0 Å². The summed E-state index contributed by atoms with van der Waals surface area (Å²) in [7, 11) is 0. The molecular formula is CH19KO11. The molecule has 0 aromatic carbocycles. The van der Waals surface area contributed by atoms with Crippen molar-refractivity contribution in [2.75, 3.05) is 0 Å². The summed E-state index contributed by atoms with van der Waals surface area (Å²) >= 11 is 0. The second-order valence-corrected chi connectivity index (χ2v) is 0.283. The van der Waals surface area contributed by atoms with Gasteiger partial charge in [0.05, 0.1) is 0 Å². The van der Waals surface area contributed by atoms with Crippen molar-refractivity contribution < 1.29 is 112 Å². The fraction of sp³-hybridized carbons (Fsp3) is 0. The van der Waals surface area contributed by atoms with Gasteiger partial charge in [0.1, 0.15) is 0 Å². The Kier molecular flexibility index (Phi) is 1690. The van der Waals surface area contributed by atoms with Crippen LogP contribution in [0.5, 0.6) is 0 Å². The third kappa shape index (κ3) is 4100. The van der Waals surface area contributed by atoms with Crippen LogP contribution < -0.4 is 51.4 Å². The third-order valence-corrected chi connectivity index (χ3v) is 0. The van der Waals surface area contributed by atoms with E-state index in [1.807, 2.05) is 0 Å². The molecule has 0 spiro atoms. The van der Waals surface area contributed by atoms with Gasteiger partial charge in [-0.2, -0.15) is 0 Å². The van der Waals surface area contributed by atoms with Crippen LogP contribution in [-0.2, 0) is 0 Å². The van der Waals surface area contributed by atoms with Gasteiger partial charge in [0.25, 0.3) is 0 Å². The molecule has 12 heteroatoms. The Balaban J connectivity index is -0.000000001000. The van der Waals surface area contributed by atoms with Gasteiger partial charge in [-0.1, -0.05) is 0 Å². The quantitative estimate of drug-likeness (QED) is 0.393. The Morgan fingerprint density at radius 1 is 0.692 bits per heavy atom. The summed E-state index contributed by atoms with van der Waals surface area (Å²) in [5.74, 6) is 0. The minimum Gasteiger partial charge on any atom is -1.00 e. The average Bonchev–Trinajstić information content (AvgIpc) is 0.811. The topological polar surface area (TPSA) is 310 Å². The predicted molar refractivity (Wildman–Crippen MR) is 40.7 cm³/mol. The van der Waals surface area contributed by atoms with Gasteiger partial charge in [0.2, 0.25) is 0 Å². The van der Waals surface area contributed by atoms with Gasteiger partial charge in [-0.05, 0) is 0 Å². The van der Waals surface area contributed by atoms with Crippen LogP contribution in [-0.4, -0.2) is 60.2 Å². The van der Waals surface area contributed by atoms with Crippen LogP contribution in [0.4, 0.5) is 4.79 Å². The van der Waals surface area contributed by atoms with E-state index in [9.17, 15) is 0 Å². The van der Waals surface area contributed by atoms with E-state index in [-0.39, 0.29) is 96.6 Å². The summed E-state index contributed by atoms with van der Waals surface area (Å²) in [5, 5.41) is 13.9.